The molecule has 1 heterocycles. The van der Waals surface area contributed by atoms with E-state index in [4.69, 9.17) is 11.6 Å². The maximum absolute atomic E-state index is 12.9. The van der Waals surface area contributed by atoms with Crippen LogP contribution in [-0.4, -0.2) is 22.9 Å². The fraction of sp³-hybridized carbons (Fsp3) is 0.0769. The van der Waals surface area contributed by atoms with Crippen molar-refractivity contribution in [2.75, 3.05) is 11.9 Å². The fourth-order valence-electron chi connectivity index (χ4n) is 1.65. The van der Waals surface area contributed by atoms with Gasteiger partial charge in [-0.1, -0.05) is 11.6 Å². The number of anilines is 1. The Morgan fingerprint density at radius 2 is 2.00 bits per heavy atom. The summed E-state index contributed by atoms with van der Waals surface area (Å²) < 4.78 is 12.9. The molecule has 0 aliphatic heterocycles. The number of amides is 1. The van der Waals surface area contributed by atoms with Crippen molar-refractivity contribution in [3.05, 3.63) is 63.2 Å². The molecule has 1 aromatic carbocycles. The highest BCUT2D eigenvalue weighted by molar-refractivity contribution is 6.33. The number of halogens is 2. The SMILES string of the molecule is CN(C(=O)c1cc([N+](=O)[O-])cnc1Cl)c1ccc(F)cc1. The smallest absolute Gasteiger partial charge is 0.288 e. The number of aromatic nitrogens is 1. The van der Waals surface area contributed by atoms with E-state index < -0.39 is 16.6 Å². The maximum Gasteiger partial charge on any atom is 0.288 e. The molecular weight excluding hydrogens is 301 g/mol. The molecule has 108 valence electrons. The number of hydrogen-bond donors (Lipinski definition) is 0. The largest absolute Gasteiger partial charge is 0.311 e. The van der Waals surface area contributed by atoms with Crippen LogP contribution in [0.4, 0.5) is 15.8 Å². The highest BCUT2D eigenvalue weighted by Crippen LogP contribution is 2.23. The molecule has 21 heavy (non-hydrogen) atoms. The number of nitro groups is 1. The topological polar surface area (TPSA) is 76.3 Å². The molecule has 2 rings (SSSR count). The van der Waals surface area contributed by atoms with Gasteiger partial charge in [-0.3, -0.25) is 14.9 Å². The second-order valence-corrected chi connectivity index (χ2v) is 4.49. The summed E-state index contributed by atoms with van der Waals surface area (Å²) in [6.07, 6.45) is 0.969. The van der Waals surface area contributed by atoms with Crippen LogP contribution in [-0.2, 0) is 0 Å². The summed E-state index contributed by atoms with van der Waals surface area (Å²) in [5.41, 5.74) is -0.0167. The summed E-state index contributed by atoms with van der Waals surface area (Å²) in [7, 11) is 1.45. The van der Waals surface area contributed by atoms with E-state index in [-0.39, 0.29) is 16.4 Å². The number of hydrogen-bond acceptors (Lipinski definition) is 4. The quantitative estimate of drug-likeness (QED) is 0.496. The highest BCUT2D eigenvalue weighted by atomic mass is 35.5. The molecule has 6 nitrogen and oxygen atoms in total. The first kappa shape index (κ1) is 14.9. The molecule has 0 saturated carbocycles. The molecule has 0 aliphatic rings. The molecule has 0 N–H and O–H groups in total. The summed E-state index contributed by atoms with van der Waals surface area (Å²) in [4.78, 5) is 27.2. The van der Waals surface area contributed by atoms with E-state index >= 15 is 0 Å². The van der Waals surface area contributed by atoms with Crippen LogP contribution in [0.2, 0.25) is 5.15 Å². The Labute approximate surface area is 123 Å². The number of carbonyl (C=O) groups excluding carboxylic acids is 1. The normalized spacial score (nSPS) is 10.2. The van der Waals surface area contributed by atoms with Crippen LogP contribution in [0.15, 0.2) is 36.5 Å². The average Bonchev–Trinajstić information content (AvgIpc) is 2.47. The van der Waals surface area contributed by atoms with Gasteiger partial charge in [0.1, 0.15) is 17.2 Å². The van der Waals surface area contributed by atoms with E-state index in [1.807, 2.05) is 0 Å². The lowest BCUT2D eigenvalue weighted by Crippen LogP contribution is -2.26. The molecule has 0 spiro atoms. The van der Waals surface area contributed by atoms with Gasteiger partial charge in [-0.15, -0.1) is 0 Å². The van der Waals surface area contributed by atoms with Gasteiger partial charge in [-0.25, -0.2) is 9.37 Å². The summed E-state index contributed by atoms with van der Waals surface area (Å²) in [6, 6.07) is 6.27. The first-order valence-electron chi connectivity index (χ1n) is 5.73. The molecule has 2 aromatic rings. The van der Waals surface area contributed by atoms with Crippen molar-refractivity contribution in [1.82, 2.24) is 4.98 Å². The molecule has 8 heteroatoms. The average molecular weight is 310 g/mol. The third-order valence-corrected chi connectivity index (χ3v) is 3.09. The van der Waals surface area contributed by atoms with Gasteiger partial charge >= 0.3 is 0 Å². The molecule has 0 aliphatic carbocycles. The molecule has 0 radical (unpaired) electrons. The standard InChI is InChI=1S/C13H9ClFN3O3/c1-17(9-4-2-8(15)3-5-9)13(19)11-6-10(18(20)21)7-16-12(11)14/h2-7H,1H3. The van der Waals surface area contributed by atoms with Crippen molar-refractivity contribution in [2.24, 2.45) is 0 Å². The predicted octanol–water partition coefficient (Wildman–Crippen LogP) is 3.06. The van der Waals surface area contributed by atoms with E-state index in [0.717, 1.165) is 12.3 Å². The second kappa shape index (κ2) is 5.84. The molecule has 0 bridgehead atoms. The fourth-order valence-corrected chi connectivity index (χ4v) is 1.83. The third kappa shape index (κ3) is 3.14. The van der Waals surface area contributed by atoms with Gasteiger partial charge in [0.15, 0.2) is 0 Å². The van der Waals surface area contributed by atoms with Crippen molar-refractivity contribution in [1.29, 1.82) is 0 Å². The molecular formula is C13H9ClFN3O3. The Kier molecular flexibility index (Phi) is 4.13. The zero-order chi connectivity index (χ0) is 15.6. The van der Waals surface area contributed by atoms with E-state index in [1.165, 1.54) is 36.2 Å². The Hall–Kier alpha value is -2.54. The lowest BCUT2D eigenvalue weighted by molar-refractivity contribution is -0.385. The Morgan fingerprint density at radius 3 is 2.57 bits per heavy atom. The minimum Gasteiger partial charge on any atom is -0.311 e. The number of nitrogens with zero attached hydrogens (tertiary/aromatic N) is 3. The third-order valence-electron chi connectivity index (χ3n) is 2.78. The molecule has 0 atom stereocenters. The van der Waals surface area contributed by atoms with E-state index in [2.05, 4.69) is 4.98 Å². The number of carbonyl (C=O) groups is 1. The van der Waals surface area contributed by atoms with E-state index in [0.29, 0.717) is 5.69 Å². The summed E-state index contributed by atoms with van der Waals surface area (Å²) >= 11 is 5.81. The van der Waals surface area contributed by atoms with Crippen molar-refractivity contribution < 1.29 is 14.1 Å². The number of pyridine rings is 1. The van der Waals surface area contributed by atoms with Gasteiger partial charge < -0.3 is 4.90 Å². The number of benzene rings is 1. The van der Waals surface area contributed by atoms with Crippen LogP contribution >= 0.6 is 11.6 Å². The lowest BCUT2D eigenvalue weighted by Gasteiger charge is -2.17. The summed E-state index contributed by atoms with van der Waals surface area (Å²) in [6.45, 7) is 0. The summed E-state index contributed by atoms with van der Waals surface area (Å²) in [5.74, 6) is -1.02. The van der Waals surface area contributed by atoms with Gasteiger partial charge in [-0.2, -0.15) is 0 Å². The second-order valence-electron chi connectivity index (χ2n) is 4.13. The number of rotatable bonds is 3. The molecule has 0 fully saturated rings. The molecule has 1 aromatic heterocycles. The van der Waals surface area contributed by atoms with Gasteiger partial charge in [-0.05, 0) is 24.3 Å². The first-order valence-corrected chi connectivity index (χ1v) is 6.11. The lowest BCUT2D eigenvalue weighted by atomic mass is 10.2. The van der Waals surface area contributed by atoms with Crippen LogP contribution in [0.5, 0.6) is 0 Å². The van der Waals surface area contributed by atoms with Gasteiger partial charge in [0.05, 0.1) is 10.5 Å². The van der Waals surface area contributed by atoms with Crippen LogP contribution in [0.3, 0.4) is 0 Å². The monoisotopic (exact) mass is 309 g/mol. The van der Waals surface area contributed by atoms with E-state index in [1.54, 1.807) is 0 Å². The predicted molar refractivity (Wildman–Crippen MR) is 75.0 cm³/mol. The molecule has 1 amide bonds. The van der Waals surface area contributed by atoms with Crippen molar-refractivity contribution >= 4 is 28.9 Å². The minimum absolute atomic E-state index is 0.0994. The van der Waals surface area contributed by atoms with E-state index in [9.17, 15) is 19.3 Å². The van der Waals surface area contributed by atoms with Gasteiger partial charge in [0.2, 0.25) is 0 Å². The molecule has 0 saturated heterocycles. The van der Waals surface area contributed by atoms with Crippen LogP contribution in [0.25, 0.3) is 0 Å². The Balaban J connectivity index is 2.37. The maximum atomic E-state index is 12.9. The zero-order valence-electron chi connectivity index (χ0n) is 10.8. The Morgan fingerprint density at radius 1 is 1.38 bits per heavy atom. The van der Waals surface area contributed by atoms with Gasteiger partial charge in [0, 0.05) is 18.8 Å². The van der Waals surface area contributed by atoms with Crippen molar-refractivity contribution in [2.45, 2.75) is 0 Å². The van der Waals surface area contributed by atoms with Crippen LogP contribution in [0.1, 0.15) is 10.4 Å². The van der Waals surface area contributed by atoms with Crippen molar-refractivity contribution in [3.8, 4) is 0 Å². The zero-order valence-corrected chi connectivity index (χ0v) is 11.5. The van der Waals surface area contributed by atoms with Crippen molar-refractivity contribution in [3.63, 3.8) is 0 Å². The van der Waals surface area contributed by atoms with Crippen LogP contribution < -0.4 is 4.90 Å². The Bertz CT molecular complexity index is 706. The minimum atomic E-state index is -0.669. The first-order chi connectivity index (χ1) is 9.90. The molecule has 0 unspecified atom stereocenters. The van der Waals surface area contributed by atoms with Gasteiger partial charge in [0.25, 0.3) is 11.6 Å². The summed E-state index contributed by atoms with van der Waals surface area (Å²) in [5, 5.41) is 10.6. The van der Waals surface area contributed by atoms with Crippen LogP contribution in [0, 0.1) is 15.9 Å². The highest BCUT2D eigenvalue weighted by Gasteiger charge is 2.21.